The molecule has 4 atom stereocenters. The Morgan fingerprint density at radius 2 is 1.53 bits per heavy atom. The SMILES string of the molecule is COC(=O)c1ccc(COc2ccc(N3C(=O)[C@H]4[C@H](C3=O)[C@H]3C=C[C@H]4C3)cc2)cc1. The molecule has 2 fully saturated rings. The molecule has 1 aliphatic heterocycles. The molecule has 6 heteroatoms. The Balaban J connectivity index is 1.25. The van der Waals surface area contributed by atoms with Gasteiger partial charge in [-0.1, -0.05) is 24.3 Å². The van der Waals surface area contributed by atoms with Crippen LogP contribution in [0.4, 0.5) is 5.69 Å². The Kier molecular flexibility index (Phi) is 4.42. The van der Waals surface area contributed by atoms with Crippen LogP contribution in [0.2, 0.25) is 0 Å². The molecular weight excluding hydrogens is 382 g/mol. The van der Waals surface area contributed by atoms with Crippen molar-refractivity contribution >= 4 is 23.5 Å². The fourth-order valence-electron chi connectivity index (χ4n) is 4.87. The average Bonchev–Trinajstić information content (AvgIpc) is 3.46. The molecule has 1 heterocycles. The third-order valence-electron chi connectivity index (χ3n) is 6.35. The van der Waals surface area contributed by atoms with E-state index in [1.54, 1.807) is 36.4 Å². The molecule has 2 aliphatic carbocycles. The number of amides is 2. The molecule has 0 aromatic heterocycles. The van der Waals surface area contributed by atoms with E-state index in [1.165, 1.54) is 12.0 Å². The Bertz CT molecular complexity index is 1010. The Hall–Kier alpha value is -3.41. The average molecular weight is 403 g/mol. The number of carbonyl (C=O) groups is 3. The highest BCUT2D eigenvalue weighted by molar-refractivity contribution is 6.22. The number of imide groups is 1. The van der Waals surface area contributed by atoms with Gasteiger partial charge in [-0.05, 0) is 60.2 Å². The van der Waals surface area contributed by atoms with E-state index < -0.39 is 0 Å². The van der Waals surface area contributed by atoms with E-state index in [2.05, 4.69) is 16.9 Å². The summed E-state index contributed by atoms with van der Waals surface area (Å²) in [5, 5.41) is 0. The first-order chi connectivity index (χ1) is 14.6. The lowest BCUT2D eigenvalue weighted by atomic mass is 9.85. The minimum atomic E-state index is -0.378. The normalized spacial score (nSPS) is 26.2. The minimum absolute atomic E-state index is 0.0822. The monoisotopic (exact) mass is 403 g/mol. The number of allylic oxidation sites excluding steroid dienone is 2. The summed E-state index contributed by atoms with van der Waals surface area (Å²) < 4.78 is 10.5. The van der Waals surface area contributed by atoms with Crippen LogP contribution in [0.15, 0.2) is 60.7 Å². The second-order valence-electron chi connectivity index (χ2n) is 7.98. The molecule has 0 unspecified atom stereocenters. The number of fused-ring (bicyclic) bond motifs is 5. The summed E-state index contributed by atoms with van der Waals surface area (Å²) >= 11 is 0. The van der Waals surface area contributed by atoms with Crippen molar-refractivity contribution in [3.8, 4) is 5.75 Å². The van der Waals surface area contributed by atoms with Crippen molar-refractivity contribution in [2.75, 3.05) is 12.0 Å². The van der Waals surface area contributed by atoms with Gasteiger partial charge in [0.2, 0.25) is 11.8 Å². The van der Waals surface area contributed by atoms with Gasteiger partial charge in [0.05, 0.1) is 30.2 Å². The van der Waals surface area contributed by atoms with Crippen LogP contribution >= 0.6 is 0 Å². The topological polar surface area (TPSA) is 72.9 Å². The van der Waals surface area contributed by atoms with Crippen molar-refractivity contribution in [3.63, 3.8) is 0 Å². The van der Waals surface area contributed by atoms with Crippen molar-refractivity contribution in [2.24, 2.45) is 23.7 Å². The number of hydrogen-bond acceptors (Lipinski definition) is 5. The summed E-state index contributed by atoms with van der Waals surface area (Å²) in [6.07, 6.45) is 5.11. The lowest BCUT2D eigenvalue weighted by Crippen LogP contribution is -2.32. The highest BCUT2D eigenvalue weighted by atomic mass is 16.5. The predicted molar refractivity (Wildman–Crippen MR) is 109 cm³/mol. The number of benzene rings is 2. The maximum absolute atomic E-state index is 12.9. The van der Waals surface area contributed by atoms with E-state index >= 15 is 0 Å². The van der Waals surface area contributed by atoms with Crippen LogP contribution in [-0.4, -0.2) is 24.9 Å². The molecule has 0 spiro atoms. The van der Waals surface area contributed by atoms with E-state index in [9.17, 15) is 14.4 Å². The lowest BCUT2D eigenvalue weighted by Gasteiger charge is -2.17. The zero-order chi connectivity index (χ0) is 20.8. The highest BCUT2D eigenvalue weighted by Gasteiger charge is 2.59. The number of esters is 1. The number of hydrogen-bond donors (Lipinski definition) is 0. The van der Waals surface area contributed by atoms with Gasteiger partial charge < -0.3 is 9.47 Å². The second kappa shape index (κ2) is 7.13. The molecular formula is C24H21NO5. The first-order valence-corrected chi connectivity index (χ1v) is 10.0. The quantitative estimate of drug-likeness (QED) is 0.435. The fraction of sp³-hybridized carbons (Fsp3) is 0.292. The van der Waals surface area contributed by atoms with Crippen molar-refractivity contribution in [2.45, 2.75) is 13.0 Å². The van der Waals surface area contributed by atoms with Gasteiger partial charge in [0.1, 0.15) is 12.4 Å². The summed E-state index contributed by atoms with van der Waals surface area (Å²) in [5.41, 5.74) is 1.99. The molecule has 2 bridgehead atoms. The van der Waals surface area contributed by atoms with E-state index in [0.717, 1.165) is 12.0 Å². The van der Waals surface area contributed by atoms with Crippen LogP contribution in [0.1, 0.15) is 22.3 Å². The number of ether oxygens (including phenoxy) is 2. The predicted octanol–water partition coefficient (Wildman–Crippen LogP) is 3.36. The number of carbonyl (C=O) groups excluding carboxylic acids is 3. The maximum atomic E-state index is 12.9. The van der Waals surface area contributed by atoms with E-state index in [0.29, 0.717) is 23.6 Å². The van der Waals surface area contributed by atoms with Crippen molar-refractivity contribution in [3.05, 3.63) is 71.8 Å². The molecule has 152 valence electrons. The smallest absolute Gasteiger partial charge is 0.337 e. The zero-order valence-electron chi connectivity index (χ0n) is 16.5. The Labute approximate surface area is 174 Å². The molecule has 3 aliphatic rings. The second-order valence-corrected chi connectivity index (χ2v) is 7.98. The lowest BCUT2D eigenvalue weighted by molar-refractivity contribution is -0.123. The van der Waals surface area contributed by atoms with Gasteiger partial charge in [0.15, 0.2) is 0 Å². The molecule has 2 aromatic rings. The van der Waals surface area contributed by atoms with Crippen molar-refractivity contribution in [1.82, 2.24) is 0 Å². The number of nitrogens with zero attached hydrogens (tertiary/aromatic N) is 1. The Morgan fingerprint density at radius 1 is 0.933 bits per heavy atom. The van der Waals surface area contributed by atoms with E-state index in [-0.39, 0.29) is 41.5 Å². The number of anilines is 1. The van der Waals surface area contributed by atoms with Crippen molar-refractivity contribution < 1.29 is 23.9 Å². The van der Waals surface area contributed by atoms with Gasteiger partial charge in [-0.25, -0.2) is 4.79 Å². The first kappa shape index (κ1) is 18.6. The van der Waals surface area contributed by atoms with Crippen LogP contribution in [-0.2, 0) is 20.9 Å². The van der Waals surface area contributed by atoms with Crippen LogP contribution in [0, 0.1) is 23.7 Å². The van der Waals surface area contributed by atoms with Gasteiger partial charge in [0, 0.05) is 0 Å². The van der Waals surface area contributed by atoms with Gasteiger partial charge >= 0.3 is 5.97 Å². The van der Waals surface area contributed by atoms with Crippen molar-refractivity contribution in [1.29, 1.82) is 0 Å². The van der Waals surface area contributed by atoms with Gasteiger partial charge in [-0.2, -0.15) is 0 Å². The molecule has 0 radical (unpaired) electrons. The maximum Gasteiger partial charge on any atom is 0.337 e. The fourth-order valence-corrected chi connectivity index (χ4v) is 4.87. The first-order valence-electron chi connectivity index (χ1n) is 10.0. The van der Waals surface area contributed by atoms with Crippen LogP contribution in [0.3, 0.4) is 0 Å². The summed E-state index contributed by atoms with van der Waals surface area (Å²) in [6, 6.07) is 14.0. The molecule has 1 saturated carbocycles. The summed E-state index contributed by atoms with van der Waals surface area (Å²) in [4.78, 5) is 38.6. The minimum Gasteiger partial charge on any atom is -0.489 e. The van der Waals surface area contributed by atoms with Gasteiger partial charge in [0.25, 0.3) is 0 Å². The van der Waals surface area contributed by atoms with Crippen LogP contribution < -0.4 is 9.64 Å². The number of rotatable bonds is 5. The third kappa shape index (κ3) is 2.91. The standard InChI is InChI=1S/C24H21NO5/c1-29-24(28)15-4-2-14(3-5-15)13-30-19-10-8-18(9-11-19)25-22(26)20-16-6-7-17(12-16)21(20)23(25)27/h2-11,16-17,20-21H,12-13H2,1H3/t16-,17-,20+,21+/m0/s1. The summed E-state index contributed by atoms with van der Waals surface area (Å²) in [6.45, 7) is 0.335. The molecule has 5 rings (SSSR count). The third-order valence-corrected chi connectivity index (χ3v) is 6.35. The Morgan fingerprint density at radius 3 is 2.10 bits per heavy atom. The summed E-state index contributed by atoms with van der Waals surface area (Å²) in [7, 11) is 1.35. The zero-order valence-corrected chi connectivity index (χ0v) is 16.5. The molecule has 2 aromatic carbocycles. The molecule has 1 saturated heterocycles. The van der Waals surface area contributed by atoms with Gasteiger partial charge in [-0.3, -0.25) is 14.5 Å². The molecule has 6 nitrogen and oxygen atoms in total. The molecule has 30 heavy (non-hydrogen) atoms. The van der Waals surface area contributed by atoms with E-state index in [1.807, 2.05) is 12.1 Å². The highest BCUT2D eigenvalue weighted by Crippen LogP contribution is 2.53. The van der Waals surface area contributed by atoms with E-state index in [4.69, 9.17) is 4.74 Å². The number of methoxy groups -OCH3 is 1. The van der Waals surface area contributed by atoms with Crippen LogP contribution in [0.5, 0.6) is 5.75 Å². The molecule has 0 N–H and O–H groups in total. The largest absolute Gasteiger partial charge is 0.489 e. The molecule has 2 amide bonds. The van der Waals surface area contributed by atoms with Gasteiger partial charge in [-0.15, -0.1) is 0 Å². The van der Waals surface area contributed by atoms with Crippen LogP contribution in [0.25, 0.3) is 0 Å². The summed E-state index contributed by atoms with van der Waals surface area (Å²) in [5.74, 6) is 0.105.